The lowest BCUT2D eigenvalue weighted by molar-refractivity contribution is 0.132. The third-order valence-corrected chi connectivity index (χ3v) is 2.38. The van der Waals surface area contributed by atoms with E-state index in [0.717, 1.165) is 6.42 Å². The molecular weight excluding hydrogens is 238 g/mol. The van der Waals surface area contributed by atoms with Crippen molar-refractivity contribution < 1.29 is 5.11 Å². The molecule has 1 rings (SSSR count). The Hall–Kier alpha value is -1.00. The second kappa shape index (κ2) is 5.56. The fraction of sp³-hybridized carbons (Fsp3) is 0.583. The molecule has 0 fully saturated rings. The summed E-state index contributed by atoms with van der Waals surface area (Å²) in [5.74, 6) is 0.586. The Labute approximate surface area is 107 Å². The van der Waals surface area contributed by atoms with Crippen molar-refractivity contribution in [2.45, 2.75) is 33.3 Å². The van der Waals surface area contributed by atoms with E-state index in [1.807, 2.05) is 0 Å². The van der Waals surface area contributed by atoms with Gasteiger partial charge in [0.25, 0.3) is 0 Å². The van der Waals surface area contributed by atoms with Crippen molar-refractivity contribution in [2.75, 3.05) is 17.6 Å². The first-order valence-electron chi connectivity index (χ1n) is 5.61. The number of halogens is 1. The minimum atomic E-state index is -0.419. The smallest absolute Gasteiger partial charge is 0.133 e. The Bertz CT molecular complexity index is 356. The monoisotopic (exact) mass is 257 g/mol. The average Bonchev–Trinajstić information content (AvgIpc) is 2.10. The van der Waals surface area contributed by atoms with Crippen LogP contribution in [0.2, 0.25) is 5.15 Å². The molecule has 4 nitrogen and oxygen atoms in total. The SMILES string of the molecule is CC(C)(C)CC(O)CNc1cc(N)cc(Cl)n1. The van der Waals surface area contributed by atoms with E-state index in [4.69, 9.17) is 17.3 Å². The van der Waals surface area contributed by atoms with Crippen LogP contribution in [0, 0.1) is 5.41 Å². The van der Waals surface area contributed by atoms with Crippen molar-refractivity contribution in [1.29, 1.82) is 0 Å². The molecule has 0 aromatic carbocycles. The molecule has 0 saturated carbocycles. The van der Waals surface area contributed by atoms with Gasteiger partial charge in [0, 0.05) is 18.3 Å². The van der Waals surface area contributed by atoms with Crippen LogP contribution in [0.1, 0.15) is 27.2 Å². The number of nitrogens with two attached hydrogens (primary N) is 1. The van der Waals surface area contributed by atoms with Gasteiger partial charge >= 0.3 is 0 Å². The van der Waals surface area contributed by atoms with Gasteiger partial charge in [-0.3, -0.25) is 0 Å². The van der Waals surface area contributed by atoms with Crippen LogP contribution in [0.25, 0.3) is 0 Å². The van der Waals surface area contributed by atoms with Crippen molar-refractivity contribution in [3.05, 3.63) is 17.3 Å². The number of aromatic nitrogens is 1. The van der Waals surface area contributed by atoms with E-state index < -0.39 is 6.10 Å². The van der Waals surface area contributed by atoms with Crippen LogP contribution in [-0.4, -0.2) is 22.7 Å². The summed E-state index contributed by atoms with van der Waals surface area (Å²) in [4.78, 5) is 4.07. The van der Waals surface area contributed by atoms with Gasteiger partial charge in [0.15, 0.2) is 0 Å². The van der Waals surface area contributed by atoms with E-state index >= 15 is 0 Å². The maximum Gasteiger partial charge on any atom is 0.133 e. The summed E-state index contributed by atoms with van der Waals surface area (Å²) in [6, 6.07) is 3.27. The zero-order valence-electron chi connectivity index (χ0n) is 10.5. The number of aliphatic hydroxyl groups excluding tert-OH is 1. The van der Waals surface area contributed by atoms with E-state index in [-0.39, 0.29) is 5.41 Å². The molecule has 0 amide bonds. The lowest BCUT2D eigenvalue weighted by atomic mass is 9.89. The highest BCUT2D eigenvalue weighted by molar-refractivity contribution is 6.29. The summed E-state index contributed by atoms with van der Waals surface area (Å²) >= 11 is 5.78. The summed E-state index contributed by atoms with van der Waals surface area (Å²) in [5.41, 5.74) is 6.29. The van der Waals surface area contributed by atoms with Crippen molar-refractivity contribution >= 4 is 23.1 Å². The van der Waals surface area contributed by atoms with Crippen LogP contribution in [-0.2, 0) is 0 Å². The fourth-order valence-electron chi connectivity index (χ4n) is 1.61. The standard InChI is InChI=1S/C12H20ClN3O/c1-12(2,3)6-9(17)7-15-11-5-8(14)4-10(13)16-11/h4-5,9,17H,6-7H2,1-3H3,(H3,14,15,16). The molecule has 1 aromatic heterocycles. The number of nitrogens with zero attached hydrogens (tertiary/aromatic N) is 1. The fourth-order valence-corrected chi connectivity index (χ4v) is 1.83. The Morgan fingerprint density at radius 1 is 1.47 bits per heavy atom. The maximum atomic E-state index is 9.83. The molecule has 0 radical (unpaired) electrons. The van der Waals surface area contributed by atoms with Gasteiger partial charge in [-0.05, 0) is 17.9 Å². The van der Waals surface area contributed by atoms with Gasteiger partial charge in [0.1, 0.15) is 11.0 Å². The number of nitrogens with one attached hydrogen (secondary N) is 1. The van der Waals surface area contributed by atoms with E-state index in [9.17, 15) is 5.11 Å². The zero-order chi connectivity index (χ0) is 13.1. The molecule has 0 saturated heterocycles. The van der Waals surface area contributed by atoms with E-state index in [0.29, 0.717) is 23.2 Å². The lowest BCUT2D eigenvalue weighted by Gasteiger charge is -2.22. The number of nitrogen functional groups attached to an aromatic ring is 1. The molecular formula is C12H20ClN3O. The largest absolute Gasteiger partial charge is 0.399 e. The number of hydrogen-bond donors (Lipinski definition) is 3. The van der Waals surface area contributed by atoms with Gasteiger partial charge in [-0.15, -0.1) is 0 Å². The number of hydrogen-bond acceptors (Lipinski definition) is 4. The Morgan fingerprint density at radius 3 is 2.65 bits per heavy atom. The number of rotatable bonds is 4. The molecule has 1 heterocycles. The maximum absolute atomic E-state index is 9.83. The summed E-state index contributed by atoms with van der Waals surface area (Å²) in [6.45, 7) is 6.70. The third-order valence-electron chi connectivity index (χ3n) is 2.18. The van der Waals surface area contributed by atoms with Gasteiger partial charge in [0.2, 0.25) is 0 Å². The predicted octanol–water partition coefficient (Wildman–Crippen LogP) is 2.53. The van der Waals surface area contributed by atoms with Gasteiger partial charge in [-0.1, -0.05) is 32.4 Å². The number of aliphatic hydroxyl groups is 1. The van der Waals surface area contributed by atoms with E-state index in [2.05, 4.69) is 31.1 Å². The van der Waals surface area contributed by atoms with Gasteiger partial charge in [-0.25, -0.2) is 4.98 Å². The van der Waals surface area contributed by atoms with E-state index in [1.54, 1.807) is 12.1 Å². The zero-order valence-corrected chi connectivity index (χ0v) is 11.3. The van der Waals surface area contributed by atoms with Crippen molar-refractivity contribution in [3.63, 3.8) is 0 Å². The highest BCUT2D eigenvalue weighted by Crippen LogP contribution is 2.21. The Balaban J connectivity index is 2.50. The van der Waals surface area contributed by atoms with Crippen molar-refractivity contribution in [2.24, 2.45) is 5.41 Å². The Kier molecular flexibility index (Phi) is 4.60. The molecule has 1 atom stereocenters. The molecule has 0 aliphatic heterocycles. The molecule has 0 aliphatic carbocycles. The highest BCUT2D eigenvalue weighted by atomic mass is 35.5. The minimum Gasteiger partial charge on any atom is -0.399 e. The summed E-state index contributed by atoms with van der Waals surface area (Å²) < 4.78 is 0. The molecule has 1 unspecified atom stereocenters. The molecule has 5 heteroatoms. The molecule has 96 valence electrons. The molecule has 17 heavy (non-hydrogen) atoms. The first-order valence-corrected chi connectivity index (χ1v) is 5.99. The highest BCUT2D eigenvalue weighted by Gasteiger charge is 2.16. The normalized spacial score (nSPS) is 13.5. The molecule has 1 aromatic rings. The van der Waals surface area contributed by atoms with Gasteiger partial charge in [0.05, 0.1) is 6.10 Å². The molecule has 4 N–H and O–H groups in total. The van der Waals surface area contributed by atoms with E-state index in [1.165, 1.54) is 0 Å². The first-order chi connectivity index (χ1) is 7.76. The lowest BCUT2D eigenvalue weighted by Crippen LogP contribution is -2.25. The predicted molar refractivity (Wildman–Crippen MR) is 72.2 cm³/mol. The van der Waals surface area contributed by atoms with Crippen molar-refractivity contribution in [1.82, 2.24) is 4.98 Å². The quantitative estimate of drug-likeness (QED) is 0.725. The molecule has 0 bridgehead atoms. The second-order valence-electron chi connectivity index (χ2n) is 5.41. The van der Waals surface area contributed by atoms with Crippen molar-refractivity contribution in [3.8, 4) is 0 Å². The summed E-state index contributed by atoms with van der Waals surface area (Å²) in [6.07, 6.45) is 0.299. The van der Waals surface area contributed by atoms with Crippen LogP contribution in [0.4, 0.5) is 11.5 Å². The summed E-state index contributed by atoms with van der Waals surface area (Å²) in [5, 5.41) is 13.2. The molecule has 0 aliphatic rings. The first kappa shape index (κ1) is 14.1. The van der Waals surface area contributed by atoms with Crippen LogP contribution >= 0.6 is 11.6 Å². The summed E-state index contributed by atoms with van der Waals surface area (Å²) in [7, 11) is 0. The second-order valence-corrected chi connectivity index (χ2v) is 5.80. The van der Waals surface area contributed by atoms with Gasteiger partial charge in [-0.2, -0.15) is 0 Å². The number of anilines is 2. The van der Waals surface area contributed by atoms with Crippen LogP contribution in [0.3, 0.4) is 0 Å². The Morgan fingerprint density at radius 2 is 2.12 bits per heavy atom. The van der Waals surface area contributed by atoms with Crippen LogP contribution in [0.5, 0.6) is 0 Å². The average molecular weight is 258 g/mol. The number of pyridine rings is 1. The third kappa shape index (κ3) is 5.75. The van der Waals surface area contributed by atoms with Crippen LogP contribution in [0.15, 0.2) is 12.1 Å². The topological polar surface area (TPSA) is 71.2 Å². The molecule has 0 spiro atoms. The van der Waals surface area contributed by atoms with Crippen LogP contribution < -0.4 is 11.1 Å². The minimum absolute atomic E-state index is 0.0991. The van der Waals surface area contributed by atoms with Gasteiger partial charge < -0.3 is 16.2 Å².